The van der Waals surface area contributed by atoms with Crippen molar-refractivity contribution in [3.63, 3.8) is 0 Å². The van der Waals surface area contributed by atoms with Crippen LogP contribution in [0.4, 0.5) is 0 Å². The molecule has 2 N–H and O–H groups in total. The summed E-state index contributed by atoms with van der Waals surface area (Å²) in [5.41, 5.74) is 3.66. The van der Waals surface area contributed by atoms with Gasteiger partial charge >= 0.3 is 0 Å². The first-order valence-corrected chi connectivity index (χ1v) is 4.33. The Kier molecular flexibility index (Phi) is 2.87. The van der Waals surface area contributed by atoms with Crippen LogP contribution in [-0.2, 0) is 0 Å². The third-order valence-corrected chi connectivity index (χ3v) is 2.19. The molecule has 0 aliphatic rings. The number of likely N-dealkylation sites (N-methyl/N-ethyl adjacent to an activating group) is 1. The van der Waals surface area contributed by atoms with Crippen LogP contribution in [0.5, 0.6) is 0 Å². The quantitative estimate of drug-likeness (QED) is 0.713. The van der Waals surface area contributed by atoms with E-state index in [9.17, 15) is 0 Å². The van der Waals surface area contributed by atoms with Crippen LogP contribution in [0.2, 0.25) is 0 Å². The Morgan fingerprint density at radius 2 is 2.17 bits per heavy atom. The third kappa shape index (κ3) is 1.67. The van der Waals surface area contributed by atoms with Crippen molar-refractivity contribution in [3.8, 4) is 0 Å². The molecule has 1 unspecified atom stereocenters. The van der Waals surface area contributed by atoms with E-state index in [1.807, 2.05) is 14.0 Å². The molecule has 3 heteroatoms. The average molecular weight is 167 g/mol. The minimum atomic E-state index is 0.536. The highest BCUT2D eigenvalue weighted by molar-refractivity contribution is 5.27. The fourth-order valence-corrected chi connectivity index (χ4v) is 1.69. The maximum absolute atomic E-state index is 4.17. The summed E-state index contributed by atoms with van der Waals surface area (Å²) in [6.45, 7) is 7.33. The summed E-state index contributed by atoms with van der Waals surface area (Å²) < 4.78 is 0. The molecular weight excluding hydrogens is 150 g/mol. The van der Waals surface area contributed by atoms with Gasteiger partial charge < -0.3 is 5.32 Å². The van der Waals surface area contributed by atoms with E-state index in [0.717, 1.165) is 12.2 Å². The highest BCUT2D eigenvalue weighted by Crippen LogP contribution is 2.19. The second-order valence-electron chi connectivity index (χ2n) is 3.31. The predicted molar refractivity (Wildman–Crippen MR) is 50.4 cm³/mol. The zero-order chi connectivity index (χ0) is 9.14. The second-order valence-corrected chi connectivity index (χ2v) is 3.31. The number of H-pyrrole nitrogens is 1. The molecule has 0 fully saturated rings. The van der Waals surface area contributed by atoms with Gasteiger partial charge in [0.2, 0.25) is 0 Å². The number of aryl methyl sites for hydroxylation is 2. The topological polar surface area (TPSA) is 40.7 Å². The van der Waals surface area contributed by atoms with Crippen LogP contribution in [0, 0.1) is 13.8 Å². The van der Waals surface area contributed by atoms with Gasteiger partial charge in [-0.1, -0.05) is 6.92 Å². The number of hydrogen-bond donors (Lipinski definition) is 2. The van der Waals surface area contributed by atoms with Gasteiger partial charge in [-0.3, -0.25) is 5.10 Å². The molecule has 0 aromatic carbocycles. The molecule has 0 amide bonds. The molecule has 0 aliphatic heterocycles. The largest absolute Gasteiger partial charge is 0.319 e. The van der Waals surface area contributed by atoms with Crippen molar-refractivity contribution in [2.24, 2.45) is 0 Å². The predicted octanol–water partition coefficient (Wildman–Crippen LogP) is 1.35. The molecule has 3 nitrogen and oxygen atoms in total. The zero-order valence-electron chi connectivity index (χ0n) is 8.23. The van der Waals surface area contributed by atoms with Gasteiger partial charge in [0.1, 0.15) is 0 Å². The van der Waals surface area contributed by atoms with Crippen molar-refractivity contribution in [3.05, 3.63) is 17.0 Å². The average Bonchev–Trinajstić information content (AvgIpc) is 2.32. The molecular formula is C9H17N3. The Morgan fingerprint density at radius 1 is 1.50 bits per heavy atom. The third-order valence-electron chi connectivity index (χ3n) is 2.19. The Labute approximate surface area is 73.6 Å². The number of aromatic amines is 1. The maximum atomic E-state index is 4.17. The molecule has 1 aromatic rings. The molecule has 0 saturated heterocycles. The van der Waals surface area contributed by atoms with Crippen LogP contribution < -0.4 is 5.32 Å². The van der Waals surface area contributed by atoms with Crippen LogP contribution in [0.3, 0.4) is 0 Å². The number of aromatic nitrogens is 2. The molecule has 0 radical (unpaired) electrons. The van der Waals surface area contributed by atoms with Crippen molar-refractivity contribution >= 4 is 0 Å². The Hall–Kier alpha value is -0.830. The Balaban J connectivity index is 2.85. The van der Waals surface area contributed by atoms with Crippen molar-refractivity contribution in [2.45, 2.75) is 26.7 Å². The van der Waals surface area contributed by atoms with Crippen molar-refractivity contribution in [1.82, 2.24) is 15.5 Å². The van der Waals surface area contributed by atoms with Crippen molar-refractivity contribution < 1.29 is 0 Å². The molecule has 0 spiro atoms. The first-order chi connectivity index (χ1) is 5.66. The number of rotatable bonds is 3. The van der Waals surface area contributed by atoms with Gasteiger partial charge in [0, 0.05) is 12.2 Å². The van der Waals surface area contributed by atoms with Crippen LogP contribution >= 0.6 is 0 Å². The monoisotopic (exact) mass is 167 g/mol. The molecule has 1 rings (SSSR count). The SMILES string of the molecule is CNCC(C)c1c(C)n[nH]c1C. The zero-order valence-corrected chi connectivity index (χ0v) is 8.23. The smallest absolute Gasteiger partial charge is 0.0629 e. The lowest BCUT2D eigenvalue weighted by atomic mass is 9.99. The Morgan fingerprint density at radius 3 is 2.58 bits per heavy atom. The fraction of sp³-hybridized carbons (Fsp3) is 0.667. The highest BCUT2D eigenvalue weighted by atomic mass is 15.1. The van der Waals surface area contributed by atoms with E-state index in [0.29, 0.717) is 5.92 Å². The summed E-state index contributed by atoms with van der Waals surface area (Å²) in [5.74, 6) is 0.536. The minimum Gasteiger partial charge on any atom is -0.319 e. The molecule has 1 atom stereocenters. The minimum absolute atomic E-state index is 0.536. The normalized spacial score (nSPS) is 13.3. The van der Waals surface area contributed by atoms with E-state index in [2.05, 4.69) is 29.4 Å². The molecule has 0 saturated carbocycles. The van der Waals surface area contributed by atoms with E-state index in [-0.39, 0.29) is 0 Å². The van der Waals surface area contributed by atoms with E-state index < -0.39 is 0 Å². The summed E-state index contributed by atoms with van der Waals surface area (Å²) in [6.07, 6.45) is 0. The van der Waals surface area contributed by atoms with Gasteiger partial charge in [-0.25, -0.2) is 0 Å². The summed E-state index contributed by atoms with van der Waals surface area (Å²) in [5, 5.41) is 10.3. The number of nitrogens with zero attached hydrogens (tertiary/aromatic N) is 1. The summed E-state index contributed by atoms with van der Waals surface area (Å²) in [7, 11) is 1.97. The molecule has 68 valence electrons. The van der Waals surface area contributed by atoms with E-state index in [1.165, 1.54) is 11.3 Å². The van der Waals surface area contributed by atoms with E-state index in [1.54, 1.807) is 0 Å². The van der Waals surface area contributed by atoms with Crippen LogP contribution in [0.15, 0.2) is 0 Å². The first kappa shape index (κ1) is 9.26. The molecule has 12 heavy (non-hydrogen) atoms. The Bertz CT molecular complexity index is 233. The lowest BCUT2D eigenvalue weighted by Crippen LogP contribution is -2.15. The molecule has 0 bridgehead atoms. The van der Waals surface area contributed by atoms with Gasteiger partial charge in [-0.05, 0) is 32.4 Å². The van der Waals surface area contributed by atoms with Crippen LogP contribution in [0.25, 0.3) is 0 Å². The maximum Gasteiger partial charge on any atom is 0.0629 e. The highest BCUT2D eigenvalue weighted by Gasteiger charge is 2.12. The van der Waals surface area contributed by atoms with Gasteiger partial charge in [0.25, 0.3) is 0 Å². The van der Waals surface area contributed by atoms with Gasteiger partial charge in [0.15, 0.2) is 0 Å². The van der Waals surface area contributed by atoms with Crippen molar-refractivity contribution in [1.29, 1.82) is 0 Å². The van der Waals surface area contributed by atoms with E-state index in [4.69, 9.17) is 0 Å². The van der Waals surface area contributed by atoms with Gasteiger partial charge in [0.05, 0.1) is 5.69 Å². The first-order valence-electron chi connectivity index (χ1n) is 4.33. The lowest BCUT2D eigenvalue weighted by Gasteiger charge is -2.10. The standard InChI is InChI=1S/C9H17N3/c1-6(5-10-4)9-7(2)11-12-8(9)3/h6,10H,5H2,1-4H3,(H,11,12). The molecule has 1 heterocycles. The summed E-state index contributed by atoms with van der Waals surface area (Å²) >= 11 is 0. The molecule has 0 aliphatic carbocycles. The lowest BCUT2D eigenvalue weighted by molar-refractivity contribution is 0.671. The summed E-state index contributed by atoms with van der Waals surface area (Å²) in [6, 6.07) is 0. The second kappa shape index (κ2) is 3.72. The van der Waals surface area contributed by atoms with Gasteiger partial charge in [-0.15, -0.1) is 0 Å². The van der Waals surface area contributed by atoms with Crippen molar-refractivity contribution in [2.75, 3.05) is 13.6 Å². The van der Waals surface area contributed by atoms with Crippen LogP contribution in [-0.4, -0.2) is 23.8 Å². The number of nitrogens with one attached hydrogen (secondary N) is 2. The van der Waals surface area contributed by atoms with Gasteiger partial charge in [-0.2, -0.15) is 5.10 Å². The molecule has 1 aromatic heterocycles. The summed E-state index contributed by atoms with van der Waals surface area (Å²) in [4.78, 5) is 0. The van der Waals surface area contributed by atoms with Crippen LogP contribution in [0.1, 0.15) is 29.8 Å². The number of hydrogen-bond acceptors (Lipinski definition) is 2. The van der Waals surface area contributed by atoms with E-state index >= 15 is 0 Å². The fourth-order valence-electron chi connectivity index (χ4n) is 1.69.